The molecule has 1 aromatic rings. The summed E-state index contributed by atoms with van der Waals surface area (Å²) in [6.45, 7) is 7.98. The molecular formula is C17H21BrN2O3S. The molecular weight excluding hydrogens is 392 g/mol. The first-order chi connectivity index (χ1) is 11.3. The molecule has 0 aromatic heterocycles. The lowest BCUT2D eigenvalue weighted by atomic mass is 9.95. The van der Waals surface area contributed by atoms with Crippen LogP contribution in [-0.4, -0.2) is 23.8 Å². The van der Waals surface area contributed by atoms with Crippen LogP contribution in [0.4, 0.5) is 0 Å². The van der Waals surface area contributed by atoms with E-state index in [2.05, 4.69) is 26.6 Å². The summed E-state index contributed by atoms with van der Waals surface area (Å²) in [6.07, 6.45) is -0.195. The first-order valence-electron chi connectivity index (χ1n) is 7.75. The van der Waals surface area contributed by atoms with Crippen molar-refractivity contribution in [2.75, 3.05) is 6.61 Å². The van der Waals surface area contributed by atoms with Crippen molar-refractivity contribution in [3.05, 3.63) is 39.5 Å². The van der Waals surface area contributed by atoms with Gasteiger partial charge in [0.1, 0.15) is 5.75 Å². The Kier molecular flexibility index (Phi) is 6.23. The Labute approximate surface area is 155 Å². The first kappa shape index (κ1) is 18.7. The van der Waals surface area contributed by atoms with Gasteiger partial charge in [0.2, 0.25) is 0 Å². The van der Waals surface area contributed by atoms with Gasteiger partial charge in [0.05, 0.1) is 28.8 Å². The molecule has 2 N–H and O–H groups in total. The maximum atomic E-state index is 12.5. The van der Waals surface area contributed by atoms with E-state index < -0.39 is 0 Å². The third kappa shape index (κ3) is 4.27. The molecule has 1 aliphatic rings. The molecule has 130 valence electrons. The molecule has 0 spiro atoms. The van der Waals surface area contributed by atoms with Crippen LogP contribution < -0.4 is 15.4 Å². The number of hydrogen-bond donors (Lipinski definition) is 2. The van der Waals surface area contributed by atoms with Gasteiger partial charge in [-0.05, 0) is 73.5 Å². The monoisotopic (exact) mass is 412 g/mol. The zero-order valence-corrected chi connectivity index (χ0v) is 16.5. The minimum atomic E-state index is -0.378. The Bertz CT molecular complexity index is 688. The number of halogens is 1. The molecule has 0 saturated carbocycles. The topological polar surface area (TPSA) is 59.6 Å². The fourth-order valence-electron chi connectivity index (χ4n) is 2.46. The molecule has 2 rings (SSSR count). The zero-order chi connectivity index (χ0) is 17.9. The molecule has 0 amide bonds. The first-order valence-corrected chi connectivity index (χ1v) is 8.95. The quantitative estimate of drug-likeness (QED) is 0.569. The van der Waals surface area contributed by atoms with E-state index in [0.717, 1.165) is 15.8 Å². The zero-order valence-electron chi connectivity index (χ0n) is 14.1. The number of ether oxygens (including phenoxy) is 2. The fourth-order valence-corrected chi connectivity index (χ4v) is 3.24. The predicted octanol–water partition coefficient (Wildman–Crippen LogP) is 3.59. The minimum Gasteiger partial charge on any atom is -0.493 e. The van der Waals surface area contributed by atoms with Crippen LogP contribution in [0.2, 0.25) is 0 Å². The maximum absolute atomic E-state index is 12.5. The van der Waals surface area contributed by atoms with Crippen LogP contribution in [0.1, 0.15) is 39.3 Å². The molecule has 5 nitrogen and oxygen atoms in total. The molecule has 0 saturated heterocycles. The van der Waals surface area contributed by atoms with E-state index in [0.29, 0.717) is 23.0 Å². The van der Waals surface area contributed by atoms with E-state index in [1.807, 2.05) is 45.9 Å². The average Bonchev–Trinajstić information content (AvgIpc) is 2.47. The Morgan fingerprint density at radius 2 is 2.12 bits per heavy atom. The van der Waals surface area contributed by atoms with Gasteiger partial charge in [0, 0.05) is 5.70 Å². The van der Waals surface area contributed by atoms with Gasteiger partial charge in [-0.3, -0.25) is 0 Å². The van der Waals surface area contributed by atoms with Gasteiger partial charge in [0.25, 0.3) is 0 Å². The fraction of sp³-hybridized carbons (Fsp3) is 0.412. The lowest BCUT2D eigenvalue weighted by Crippen LogP contribution is -2.45. The standard InChI is InChI=1S/C17H21BrN2O3S/c1-5-22-13-7-6-11(8-12(13)18)15-14(16(21)23-9(2)3)10(4)19-17(24)20-15/h6-9,15H,5H2,1-4H3,(H2,19,20,24)/t15-/m0/s1. The van der Waals surface area contributed by atoms with Crippen molar-refractivity contribution in [3.8, 4) is 5.75 Å². The number of hydrogen-bond acceptors (Lipinski definition) is 4. The van der Waals surface area contributed by atoms with Crippen molar-refractivity contribution in [1.29, 1.82) is 0 Å². The van der Waals surface area contributed by atoms with Gasteiger partial charge >= 0.3 is 5.97 Å². The highest BCUT2D eigenvalue weighted by Crippen LogP contribution is 2.33. The highest BCUT2D eigenvalue weighted by atomic mass is 79.9. The van der Waals surface area contributed by atoms with Crippen molar-refractivity contribution in [1.82, 2.24) is 10.6 Å². The molecule has 24 heavy (non-hydrogen) atoms. The Morgan fingerprint density at radius 1 is 1.42 bits per heavy atom. The third-order valence-electron chi connectivity index (χ3n) is 3.42. The Balaban J connectivity index is 2.41. The maximum Gasteiger partial charge on any atom is 0.338 e. The van der Waals surface area contributed by atoms with Crippen LogP contribution in [0.3, 0.4) is 0 Å². The highest BCUT2D eigenvalue weighted by Gasteiger charge is 2.31. The predicted molar refractivity (Wildman–Crippen MR) is 101 cm³/mol. The van der Waals surface area contributed by atoms with E-state index in [9.17, 15) is 4.79 Å². The lowest BCUT2D eigenvalue weighted by Gasteiger charge is -2.30. The van der Waals surface area contributed by atoms with Crippen LogP contribution >= 0.6 is 28.1 Å². The number of carbonyl (C=O) groups is 1. The normalized spacial score (nSPS) is 17.4. The summed E-state index contributed by atoms with van der Waals surface area (Å²) < 4.78 is 11.7. The Hall–Kier alpha value is -1.60. The summed E-state index contributed by atoms with van der Waals surface area (Å²) in [5, 5.41) is 6.61. The largest absolute Gasteiger partial charge is 0.493 e. The van der Waals surface area contributed by atoms with Crippen molar-refractivity contribution >= 4 is 39.2 Å². The second kappa shape index (κ2) is 7.98. The van der Waals surface area contributed by atoms with Gasteiger partial charge in [-0.25, -0.2) is 4.79 Å². The number of rotatable bonds is 5. The summed E-state index contributed by atoms with van der Waals surface area (Å²) in [5.41, 5.74) is 2.11. The molecule has 0 bridgehead atoms. The van der Waals surface area contributed by atoms with Crippen LogP contribution in [0.5, 0.6) is 5.75 Å². The summed E-state index contributed by atoms with van der Waals surface area (Å²) in [5.74, 6) is 0.393. The van der Waals surface area contributed by atoms with Crippen molar-refractivity contribution in [2.24, 2.45) is 0 Å². The summed E-state index contributed by atoms with van der Waals surface area (Å²) in [4.78, 5) is 12.5. The number of esters is 1. The molecule has 0 unspecified atom stereocenters. The summed E-state index contributed by atoms with van der Waals surface area (Å²) >= 11 is 8.75. The Morgan fingerprint density at radius 3 is 2.71 bits per heavy atom. The van der Waals surface area contributed by atoms with Gasteiger partial charge in [-0.15, -0.1) is 0 Å². The number of benzene rings is 1. The van der Waals surface area contributed by atoms with Crippen molar-refractivity contribution in [2.45, 2.75) is 39.8 Å². The van der Waals surface area contributed by atoms with E-state index in [4.69, 9.17) is 21.7 Å². The molecule has 1 heterocycles. The van der Waals surface area contributed by atoms with Crippen molar-refractivity contribution < 1.29 is 14.3 Å². The van der Waals surface area contributed by atoms with E-state index >= 15 is 0 Å². The molecule has 0 radical (unpaired) electrons. The minimum absolute atomic E-state index is 0.195. The molecule has 1 aliphatic heterocycles. The van der Waals surface area contributed by atoms with Gasteiger partial charge in [-0.2, -0.15) is 0 Å². The summed E-state index contributed by atoms with van der Waals surface area (Å²) in [7, 11) is 0. The van der Waals surface area contributed by atoms with E-state index in [1.54, 1.807) is 0 Å². The molecule has 0 fully saturated rings. The third-order valence-corrected chi connectivity index (χ3v) is 4.26. The van der Waals surface area contributed by atoms with Crippen LogP contribution in [-0.2, 0) is 9.53 Å². The molecule has 1 aromatic carbocycles. The molecule has 1 atom stereocenters. The van der Waals surface area contributed by atoms with Gasteiger partial charge in [0.15, 0.2) is 5.11 Å². The number of nitrogens with one attached hydrogen (secondary N) is 2. The lowest BCUT2D eigenvalue weighted by molar-refractivity contribution is -0.143. The second-order valence-electron chi connectivity index (χ2n) is 5.65. The number of allylic oxidation sites excluding steroid dienone is 1. The molecule has 0 aliphatic carbocycles. The number of carbonyl (C=O) groups excluding carboxylic acids is 1. The highest BCUT2D eigenvalue weighted by molar-refractivity contribution is 9.10. The van der Waals surface area contributed by atoms with Crippen molar-refractivity contribution in [3.63, 3.8) is 0 Å². The van der Waals surface area contributed by atoms with Crippen LogP contribution in [0, 0.1) is 0 Å². The van der Waals surface area contributed by atoms with Gasteiger partial charge < -0.3 is 20.1 Å². The number of thiocarbonyl (C=S) groups is 1. The summed E-state index contributed by atoms with van der Waals surface area (Å²) in [6, 6.07) is 5.33. The van der Waals surface area contributed by atoms with Crippen LogP contribution in [0.25, 0.3) is 0 Å². The SMILES string of the molecule is CCOc1ccc([C@@H]2NC(=S)NC(C)=C2C(=O)OC(C)C)cc1Br. The van der Waals surface area contributed by atoms with E-state index in [1.165, 1.54) is 0 Å². The average molecular weight is 413 g/mol. The molecule has 7 heteroatoms. The second-order valence-corrected chi connectivity index (χ2v) is 6.91. The van der Waals surface area contributed by atoms with Gasteiger partial charge in [-0.1, -0.05) is 6.07 Å². The van der Waals surface area contributed by atoms with E-state index in [-0.39, 0.29) is 18.1 Å². The van der Waals surface area contributed by atoms with Crippen LogP contribution in [0.15, 0.2) is 33.9 Å². The smallest absolute Gasteiger partial charge is 0.338 e.